The molecule has 0 saturated heterocycles. The summed E-state index contributed by atoms with van der Waals surface area (Å²) in [6, 6.07) is 13.7. The van der Waals surface area contributed by atoms with Crippen LogP contribution in [0.15, 0.2) is 46.9 Å². The molecule has 26 heavy (non-hydrogen) atoms. The van der Waals surface area contributed by atoms with E-state index in [4.69, 9.17) is 4.42 Å². The fraction of sp³-hybridized carbons (Fsp3) is 0.318. The van der Waals surface area contributed by atoms with Gasteiger partial charge in [-0.1, -0.05) is 49.7 Å². The standard InChI is InChI=1S/C22H25NO3/c1-13(2)16-6-8-17(9-7-16)19(24)12-23-22(25)21-15(4)18-11-14(3)5-10-20(18)26-21/h5-11,13,19,24H,12H2,1-4H3,(H,23,25). The number of furan rings is 1. The number of amides is 1. The molecule has 0 saturated carbocycles. The minimum absolute atomic E-state index is 0.134. The zero-order chi connectivity index (χ0) is 18.8. The summed E-state index contributed by atoms with van der Waals surface area (Å²) in [6.07, 6.45) is -0.757. The summed E-state index contributed by atoms with van der Waals surface area (Å²) in [7, 11) is 0. The molecule has 4 heteroatoms. The van der Waals surface area contributed by atoms with E-state index in [-0.39, 0.29) is 12.5 Å². The first-order valence-electron chi connectivity index (χ1n) is 8.92. The Morgan fingerprint density at radius 1 is 1.08 bits per heavy atom. The van der Waals surface area contributed by atoms with E-state index in [1.54, 1.807) is 0 Å². The van der Waals surface area contributed by atoms with Crippen LogP contribution in [0.1, 0.15) is 58.7 Å². The van der Waals surface area contributed by atoms with Gasteiger partial charge < -0.3 is 14.8 Å². The van der Waals surface area contributed by atoms with Gasteiger partial charge in [-0.2, -0.15) is 0 Å². The molecule has 0 aliphatic heterocycles. The molecule has 3 rings (SSSR count). The second-order valence-electron chi connectivity index (χ2n) is 7.10. The monoisotopic (exact) mass is 351 g/mol. The molecular weight excluding hydrogens is 326 g/mol. The molecule has 0 spiro atoms. The first-order valence-corrected chi connectivity index (χ1v) is 8.92. The highest BCUT2D eigenvalue weighted by molar-refractivity contribution is 5.99. The average molecular weight is 351 g/mol. The zero-order valence-corrected chi connectivity index (χ0v) is 15.7. The Morgan fingerprint density at radius 2 is 1.73 bits per heavy atom. The van der Waals surface area contributed by atoms with E-state index >= 15 is 0 Å². The number of carbonyl (C=O) groups excluding carboxylic acids is 1. The summed E-state index contributed by atoms with van der Waals surface area (Å²) in [5.41, 5.74) is 4.64. The van der Waals surface area contributed by atoms with E-state index in [0.717, 1.165) is 22.1 Å². The number of nitrogens with one attached hydrogen (secondary N) is 1. The van der Waals surface area contributed by atoms with E-state index in [1.165, 1.54) is 5.56 Å². The van der Waals surface area contributed by atoms with Crippen molar-refractivity contribution in [1.29, 1.82) is 0 Å². The van der Waals surface area contributed by atoms with Gasteiger partial charge in [-0.25, -0.2) is 0 Å². The Kier molecular flexibility index (Phi) is 5.14. The highest BCUT2D eigenvalue weighted by Gasteiger charge is 2.19. The molecule has 0 aliphatic rings. The highest BCUT2D eigenvalue weighted by atomic mass is 16.3. The third-order valence-electron chi connectivity index (χ3n) is 4.74. The van der Waals surface area contributed by atoms with Gasteiger partial charge in [0.05, 0.1) is 6.10 Å². The Labute approximate surface area is 153 Å². The number of hydrogen-bond donors (Lipinski definition) is 2. The number of benzene rings is 2. The normalized spacial score (nSPS) is 12.5. The number of rotatable bonds is 5. The topological polar surface area (TPSA) is 62.5 Å². The smallest absolute Gasteiger partial charge is 0.287 e. The van der Waals surface area contributed by atoms with Crippen molar-refractivity contribution < 1.29 is 14.3 Å². The lowest BCUT2D eigenvalue weighted by Gasteiger charge is -2.13. The largest absolute Gasteiger partial charge is 0.451 e. The third kappa shape index (κ3) is 3.65. The Hall–Kier alpha value is -2.59. The van der Waals surface area contributed by atoms with Crippen LogP contribution in [0.2, 0.25) is 0 Å². The first-order chi connectivity index (χ1) is 12.4. The highest BCUT2D eigenvalue weighted by Crippen LogP contribution is 2.26. The number of aliphatic hydroxyl groups is 1. The molecule has 1 amide bonds. The second kappa shape index (κ2) is 7.34. The van der Waals surface area contributed by atoms with Crippen LogP contribution >= 0.6 is 0 Å². The van der Waals surface area contributed by atoms with Gasteiger partial charge in [-0.05, 0) is 43.0 Å². The van der Waals surface area contributed by atoms with Crippen molar-refractivity contribution in [3.8, 4) is 0 Å². The van der Waals surface area contributed by atoms with E-state index in [2.05, 4.69) is 19.2 Å². The minimum atomic E-state index is -0.757. The van der Waals surface area contributed by atoms with Gasteiger partial charge in [0.2, 0.25) is 0 Å². The fourth-order valence-corrected chi connectivity index (χ4v) is 3.04. The van der Waals surface area contributed by atoms with Gasteiger partial charge >= 0.3 is 0 Å². The molecule has 1 unspecified atom stereocenters. The van der Waals surface area contributed by atoms with Crippen LogP contribution < -0.4 is 5.32 Å². The Morgan fingerprint density at radius 3 is 2.38 bits per heavy atom. The van der Waals surface area contributed by atoms with Crippen LogP contribution in [0.4, 0.5) is 0 Å². The van der Waals surface area contributed by atoms with Crippen molar-refractivity contribution in [2.75, 3.05) is 6.54 Å². The lowest BCUT2D eigenvalue weighted by molar-refractivity contribution is 0.0890. The van der Waals surface area contributed by atoms with Gasteiger partial charge in [0.25, 0.3) is 5.91 Å². The van der Waals surface area contributed by atoms with Gasteiger partial charge in [-0.15, -0.1) is 0 Å². The first kappa shape index (κ1) is 18.2. The summed E-state index contributed by atoms with van der Waals surface area (Å²) in [5.74, 6) is 0.433. The van der Waals surface area contributed by atoms with Crippen molar-refractivity contribution in [3.63, 3.8) is 0 Å². The SMILES string of the molecule is Cc1ccc2oc(C(=O)NCC(O)c3ccc(C(C)C)cc3)c(C)c2c1. The lowest BCUT2D eigenvalue weighted by Crippen LogP contribution is -2.28. The van der Waals surface area contributed by atoms with Gasteiger partial charge in [-0.3, -0.25) is 4.79 Å². The van der Waals surface area contributed by atoms with Crippen LogP contribution in [0.5, 0.6) is 0 Å². The molecule has 3 aromatic rings. The average Bonchev–Trinajstić information content (AvgIpc) is 2.96. The van der Waals surface area contributed by atoms with Crippen molar-refractivity contribution in [2.24, 2.45) is 0 Å². The van der Waals surface area contributed by atoms with Crippen molar-refractivity contribution in [1.82, 2.24) is 5.32 Å². The van der Waals surface area contributed by atoms with Crippen molar-refractivity contribution in [2.45, 2.75) is 39.7 Å². The number of aryl methyl sites for hydroxylation is 2. The molecule has 0 bridgehead atoms. The van der Waals surface area contributed by atoms with E-state index in [1.807, 2.05) is 56.3 Å². The molecule has 0 aliphatic carbocycles. The summed E-state index contributed by atoms with van der Waals surface area (Å²) >= 11 is 0. The molecule has 136 valence electrons. The second-order valence-corrected chi connectivity index (χ2v) is 7.10. The van der Waals surface area contributed by atoms with Crippen LogP contribution in [-0.4, -0.2) is 17.6 Å². The summed E-state index contributed by atoms with van der Waals surface area (Å²) in [5, 5.41) is 14.1. The lowest BCUT2D eigenvalue weighted by atomic mass is 10.00. The van der Waals surface area contributed by atoms with Gasteiger partial charge in [0.1, 0.15) is 5.58 Å². The summed E-state index contributed by atoms with van der Waals surface area (Å²) < 4.78 is 5.70. The van der Waals surface area contributed by atoms with Crippen LogP contribution in [0.25, 0.3) is 11.0 Å². The Bertz CT molecular complexity index is 922. The quantitative estimate of drug-likeness (QED) is 0.704. The summed E-state index contributed by atoms with van der Waals surface area (Å²) in [4.78, 5) is 12.5. The molecule has 2 aromatic carbocycles. The number of fused-ring (bicyclic) bond motifs is 1. The molecule has 1 aromatic heterocycles. The molecule has 2 N–H and O–H groups in total. The van der Waals surface area contributed by atoms with E-state index in [0.29, 0.717) is 17.3 Å². The molecule has 0 fully saturated rings. The van der Waals surface area contributed by atoms with Gasteiger partial charge in [0.15, 0.2) is 5.76 Å². The number of aliphatic hydroxyl groups excluding tert-OH is 1. The van der Waals surface area contributed by atoms with Gasteiger partial charge in [0, 0.05) is 17.5 Å². The van der Waals surface area contributed by atoms with Crippen molar-refractivity contribution >= 4 is 16.9 Å². The molecule has 0 radical (unpaired) electrons. The van der Waals surface area contributed by atoms with E-state index in [9.17, 15) is 9.90 Å². The molecular formula is C22H25NO3. The molecule has 1 atom stereocenters. The van der Waals surface area contributed by atoms with E-state index < -0.39 is 6.10 Å². The molecule has 4 nitrogen and oxygen atoms in total. The maximum Gasteiger partial charge on any atom is 0.287 e. The fourth-order valence-electron chi connectivity index (χ4n) is 3.04. The maximum atomic E-state index is 12.5. The number of carbonyl (C=O) groups is 1. The maximum absolute atomic E-state index is 12.5. The van der Waals surface area contributed by atoms with Crippen molar-refractivity contribution in [3.05, 3.63) is 70.5 Å². The predicted molar refractivity (Wildman–Crippen MR) is 104 cm³/mol. The minimum Gasteiger partial charge on any atom is -0.451 e. The van der Waals surface area contributed by atoms with Crippen LogP contribution in [0.3, 0.4) is 0 Å². The summed E-state index contributed by atoms with van der Waals surface area (Å²) in [6.45, 7) is 8.27. The Balaban J connectivity index is 1.69. The van der Waals surface area contributed by atoms with Crippen LogP contribution in [0, 0.1) is 13.8 Å². The molecule has 1 heterocycles. The van der Waals surface area contributed by atoms with Crippen LogP contribution in [-0.2, 0) is 0 Å². The zero-order valence-electron chi connectivity index (χ0n) is 15.7. The predicted octanol–water partition coefficient (Wildman–Crippen LogP) is 4.64. The number of hydrogen-bond acceptors (Lipinski definition) is 3. The third-order valence-corrected chi connectivity index (χ3v) is 4.74.